The van der Waals surface area contributed by atoms with E-state index in [0.29, 0.717) is 11.4 Å². The molecule has 0 aliphatic carbocycles. The highest BCUT2D eigenvalue weighted by Gasteiger charge is 2.15. The molecule has 1 heterocycles. The number of hydrogen-bond donors (Lipinski definition) is 1. The van der Waals surface area contributed by atoms with Gasteiger partial charge in [-0.25, -0.2) is 4.79 Å². The number of carbonyl (C=O) groups excluding carboxylic acids is 1. The van der Waals surface area contributed by atoms with E-state index in [9.17, 15) is 4.79 Å². The molecule has 5 heteroatoms. The molecule has 0 fully saturated rings. The predicted molar refractivity (Wildman–Crippen MR) is 74.0 cm³/mol. The van der Waals surface area contributed by atoms with E-state index in [1.807, 2.05) is 42.5 Å². The Kier molecular flexibility index (Phi) is 3.16. The SMILES string of the molecule is COC(=O)Nc1ccccc1-c1ccc2c(c1)OCO2. The van der Waals surface area contributed by atoms with E-state index in [1.165, 1.54) is 7.11 Å². The molecule has 1 N–H and O–H groups in total. The molecule has 1 aliphatic heterocycles. The van der Waals surface area contributed by atoms with Crippen LogP contribution in [0, 0.1) is 0 Å². The number of hydrogen-bond acceptors (Lipinski definition) is 4. The Bertz CT molecular complexity index is 654. The lowest BCUT2D eigenvalue weighted by Crippen LogP contribution is -2.11. The van der Waals surface area contributed by atoms with Crippen molar-refractivity contribution in [3.63, 3.8) is 0 Å². The molecule has 0 atom stereocenters. The fourth-order valence-electron chi connectivity index (χ4n) is 2.07. The van der Waals surface area contributed by atoms with Gasteiger partial charge in [-0.3, -0.25) is 5.32 Å². The van der Waals surface area contributed by atoms with Crippen LogP contribution in [0.3, 0.4) is 0 Å². The molecule has 20 heavy (non-hydrogen) atoms. The predicted octanol–water partition coefficient (Wildman–Crippen LogP) is 3.26. The van der Waals surface area contributed by atoms with E-state index >= 15 is 0 Å². The number of fused-ring (bicyclic) bond motifs is 1. The number of para-hydroxylation sites is 1. The maximum absolute atomic E-state index is 11.4. The molecule has 1 aliphatic rings. The number of benzene rings is 2. The van der Waals surface area contributed by atoms with Crippen molar-refractivity contribution in [2.45, 2.75) is 0 Å². The Balaban J connectivity index is 1.99. The van der Waals surface area contributed by atoms with Crippen molar-refractivity contribution in [2.24, 2.45) is 0 Å². The minimum Gasteiger partial charge on any atom is -0.454 e. The zero-order valence-corrected chi connectivity index (χ0v) is 10.9. The summed E-state index contributed by atoms with van der Waals surface area (Å²) < 4.78 is 15.3. The molecule has 0 unspecified atom stereocenters. The van der Waals surface area contributed by atoms with Gasteiger partial charge in [-0.2, -0.15) is 0 Å². The van der Waals surface area contributed by atoms with Crippen LogP contribution in [-0.4, -0.2) is 20.0 Å². The van der Waals surface area contributed by atoms with Crippen LogP contribution in [0.15, 0.2) is 42.5 Å². The first kappa shape index (κ1) is 12.3. The van der Waals surface area contributed by atoms with Gasteiger partial charge < -0.3 is 14.2 Å². The van der Waals surface area contributed by atoms with Crippen LogP contribution < -0.4 is 14.8 Å². The number of nitrogens with one attached hydrogen (secondary N) is 1. The fourth-order valence-corrected chi connectivity index (χ4v) is 2.07. The van der Waals surface area contributed by atoms with Crippen molar-refractivity contribution in [3.8, 4) is 22.6 Å². The summed E-state index contributed by atoms with van der Waals surface area (Å²) in [7, 11) is 1.33. The molecule has 0 spiro atoms. The Hall–Kier alpha value is -2.69. The van der Waals surface area contributed by atoms with Crippen LogP contribution in [0.25, 0.3) is 11.1 Å². The molecule has 3 rings (SSSR count). The maximum atomic E-state index is 11.4. The molecule has 0 saturated carbocycles. The third kappa shape index (κ3) is 2.25. The van der Waals surface area contributed by atoms with Crippen molar-refractivity contribution in [2.75, 3.05) is 19.2 Å². The lowest BCUT2D eigenvalue weighted by molar-refractivity contribution is 0.174. The monoisotopic (exact) mass is 271 g/mol. The number of methoxy groups -OCH3 is 1. The van der Waals surface area contributed by atoms with Crippen molar-refractivity contribution < 1.29 is 19.0 Å². The maximum Gasteiger partial charge on any atom is 0.411 e. The van der Waals surface area contributed by atoms with Crippen LogP contribution in [0.2, 0.25) is 0 Å². The highest BCUT2D eigenvalue weighted by atomic mass is 16.7. The van der Waals surface area contributed by atoms with Gasteiger partial charge in [0.2, 0.25) is 6.79 Å². The molecule has 102 valence electrons. The van der Waals surface area contributed by atoms with Gasteiger partial charge >= 0.3 is 6.09 Å². The number of rotatable bonds is 2. The van der Waals surface area contributed by atoms with Crippen molar-refractivity contribution in [1.82, 2.24) is 0 Å². The lowest BCUT2D eigenvalue weighted by atomic mass is 10.0. The van der Waals surface area contributed by atoms with E-state index < -0.39 is 6.09 Å². The summed E-state index contributed by atoms with van der Waals surface area (Å²) in [5.74, 6) is 1.43. The Morgan fingerprint density at radius 3 is 2.80 bits per heavy atom. The first-order valence-electron chi connectivity index (χ1n) is 6.12. The Labute approximate surface area is 116 Å². The van der Waals surface area contributed by atoms with Gasteiger partial charge in [-0.15, -0.1) is 0 Å². The summed E-state index contributed by atoms with van der Waals surface area (Å²) >= 11 is 0. The van der Waals surface area contributed by atoms with E-state index in [-0.39, 0.29) is 6.79 Å². The first-order chi connectivity index (χ1) is 9.78. The second-order valence-electron chi connectivity index (χ2n) is 4.23. The lowest BCUT2D eigenvalue weighted by Gasteiger charge is -2.10. The Morgan fingerprint density at radius 2 is 1.95 bits per heavy atom. The molecule has 2 aromatic carbocycles. The van der Waals surface area contributed by atoms with Crippen LogP contribution in [-0.2, 0) is 4.74 Å². The van der Waals surface area contributed by atoms with Crippen LogP contribution >= 0.6 is 0 Å². The number of anilines is 1. The summed E-state index contributed by atoms with van der Waals surface area (Å²) in [5, 5.41) is 2.69. The quantitative estimate of drug-likeness (QED) is 0.910. The minimum atomic E-state index is -0.502. The summed E-state index contributed by atoms with van der Waals surface area (Å²) in [6.45, 7) is 0.237. The van der Waals surface area contributed by atoms with E-state index in [2.05, 4.69) is 10.1 Å². The smallest absolute Gasteiger partial charge is 0.411 e. The van der Waals surface area contributed by atoms with Gasteiger partial charge in [0.05, 0.1) is 12.8 Å². The normalized spacial score (nSPS) is 12.1. The zero-order valence-electron chi connectivity index (χ0n) is 10.9. The van der Waals surface area contributed by atoms with Gasteiger partial charge in [-0.1, -0.05) is 24.3 Å². The number of ether oxygens (including phenoxy) is 3. The summed E-state index contributed by atoms with van der Waals surface area (Å²) in [6, 6.07) is 13.2. The molecule has 0 saturated heterocycles. The first-order valence-corrected chi connectivity index (χ1v) is 6.12. The third-order valence-electron chi connectivity index (χ3n) is 3.03. The molecule has 0 aromatic heterocycles. The molecule has 0 radical (unpaired) electrons. The Morgan fingerprint density at radius 1 is 1.15 bits per heavy atom. The zero-order chi connectivity index (χ0) is 13.9. The van der Waals surface area contributed by atoms with Gasteiger partial charge in [0.15, 0.2) is 11.5 Å². The van der Waals surface area contributed by atoms with Crippen LogP contribution in [0.4, 0.5) is 10.5 Å². The minimum absolute atomic E-state index is 0.237. The van der Waals surface area contributed by atoms with E-state index in [4.69, 9.17) is 9.47 Å². The summed E-state index contributed by atoms with van der Waals surface area (Å²) in [6.07, 6.45) is -0.502. The molecular weight excluding hydrogens is 258 g/mol. The highest BCUT2D eigenvalue weighted by molar-refractivity contribution is 5.91. The van der Waals surface area contributed by atoms with Crippen molar-refractivity contribution >= 4 is 11.8 Å². The molecular formula is C15H13NO4. The highest BCUT2D eigenvalue weighted by Crippen LogP contribution is 2.37. The molecule has 0 bridgehead atoms. The van der Waals surface area contributed by atoms with Gasteiger partial charge in [0.25, 0.3) is 0 Å². The largest absolute Gasteiger partial charge is 0.454 e. The molecule has 5 nitrogen and oxygen atoms in total. The van der Waals surface area contributed by atoms with E-state index in [0.717, 1.165) is 16.9 Å². The average Bonchev–Trinajstić information content (AvgIpc) is 2.95. The topological polar surface area (TPSA) is 56.8 Å². The van der Waals surface area contributed by atoms with E-state index in [1.54, 1.807) is 0 Å². The fraction of sp³-hybridized carbons (Fsp3) is 0.133. The molecule has 1 amide bonds. The van der Waals surface area contributed by atoms with Crippen LogP contribution in [0.1, 0.15) is 0 Å². The summed E-state index contributed by atoms with van der Waals surface area (Å²) in [5.41, 5.74) is 2.50. The van der Waals surface area contributed by atoms with Gasteiger partial charge in [0, 0.05) is 5.56 Å². The average molecular weight is 271 g/mol. The third-order valence-corrected chi connectivity index (χ3v) is 3.03. The number of carbonyl (C=O) groups is 1. The van der Waals surface area contributed by atoms with Gasteiger partial charge in [0.1, 0.15) is 0 Å². The molecule has 2 aromatic rings. The second kappa shape index (κ2) is 5.13. The number of amides is 1. The second-order valence-corrected chi connectivity index (χ2v) is 4.23. The summed E-state index contributed by atoms with van der Waals surface area (Å²) in [4.78, 5) is 11.4. The van der Waals surface area contributed by atoms with Gasteiger partial charge in [-0.05, 0) is 23.8 Å². The van der Waals surface area contributed by atoms with Crippen molar-refractivity contribution in [3.05, 3.63) is 42.5 Å². The van der Waals surface area contributed by atoms with Crippen molar-refractivity contribution in [1.29, 1.82) is 0 Å². The standard InChI is InChI=1S/C15H13NO4/c1-18-15(17)16-12-5-3-2-4-11(12)10-6-7-13-14(8-10)20-9-19-13/h2-8H,9H2,1H3,(H,16,17). The van der Waals surface area contributed by atoms with Crippen LogP contribution in [0.5, 0.6) is 11.5 Å².